The zero-order chi connectivity index (χ0) is 25.7. The molecule has 0 spiro atoms. The first-order valence-electron chi connectivity index (χ1n) is 13.0. The van der Waals surface area contributed by atoms with Crippen LogP contribution in [0, 0.1) is 12.3 Å². The molecule has 0 radical (unpaired) electrons. The smallest absolute Gasteiger partial charge is 0.373 e. The summed E-state index contributed by atoms with van der Waals surface area (Å²) in [4.78, 5) is 31.4. The number of hydrogen-bond donors (Lipinski definition) is 0. The average Bonchev–Trinajstić information content (AvgIpc) is 3.63. The first kappa shape index (κ1) is 23.3. The molecule has 2 bridgehead atoms. The highest BCUT2D eigenvalue weighted by atomic mass is 19.4. The highest BCUT2D eigenvalue weighted by Gasteiger charge is 2.79. The molecule has 2 unspecified atom stereocenters. The van der Waals surface area contributed by atoms with Gasteiger partial charge in [0.25, 0.3) is 0 Å². The van der Waals surface area contributed by atoms with E-state index in [1.165, 1.54) is 10.6 Å². The number of halogens is 3. The van der Waals surface area contributed by atoms with Gasteiger partial charge in [0.05, 0.1) is 28.6 Å². The van der Waals surface area contributed by atoms with Crippen molar-refractivity contribution in [2.45, 2.75) is 81.4 Å². The molecule has 4 aliphatic carbocycles. The summed E-state index contributed by atoms with van der Waals surface area (Å²) in [6, 6.07) is 3.32. The molecule has 4 heterocycles. The summed E-state index contributed by atoms with van der Waals surface area (Å²) in [6.07, 6.45) is 1.03. The molecule has 0 amide bonds. The van der Waals surface area contributed by atoms with Gasteiger partial charge in [0.15, 0.2) is 5.65 Å². The van der Waals surface area contributed by atoms with Crippen LogP contribution in [0.2, 0.25) is 0 Å². The van der Waals surface area contributed by atoms with Crippen molar-refractivity contribution in [3.8, 4) is 0 Å². The second-order valence-electron chi connectivity index (χ2n) is 11.7. The Morgan fingerprint density at radius 2 is 1.78 bits per heavy atom. The molecule has 3 aromatic heterocycles. The van der Waals surface area contributed by atoms with Crippen molar-refractivity contribution < 1.29 is 17.9 Å². The molecule has 5 aliphatic rings. The monoisotopic (exact) mass is 511 g/mol. The minimum absolute atomic E-state index is 0.0340. The maximum atomic E-state index is 13.7. The summed E-state index contributed by atoms with van der Waals surface area (Å²) in [7, 11) is 1.71. The number of hydrogen-bond acceptors (Lipinski definition) is 6. The number of aromatic nitrogens is 5. The predicted octanol–water partition coefficient (Wildman–Crippen LogP) is 4.92. The largest absolute Gasteiger partial charge is 0.394 e. The van der Waals surface area contributed by atoms with Gasteiger partial charge in [-0.3, -0.25) is 4.79 Å². The third-order valence-corrected chi connectivity index (χ3v) is 8.99. The van der Waals surface area contributed by atoms with Crippen molar-refractivity contribution in [2.75, 3.05) is 6.61 Å². The molecular formula is C27H28F3N5O2. The van der Waals surface area contributed by atoms with Crippen LogP contribution in [0.3, 0.4) is 0 Å². The number of fused-ring (bicyclic) bond motifs is 1. The Balaban J connectivity index is 1.28. The van der Waals surface area contributed by atoms with Gasteiger partial charge in [-0.1, -0.05) is 0 Å². The summed E-state index contributed by atoms with van der Waals surface area (Å²) < 4.78 is 48.6. The number of aryl methyl sites for hydroxylation is 2. The van der Waals surface area contributed by atoms with E-state index < -0.39 is 17.0 Å². The number of ether oxygens (including phenoxy) is 1. The van der Waals surface area contributed by atoms with E-state index in [-0.39, 0.29) is 36.8 Å². The van der Waals surface area contributed by atoms with E-state index in [9.17, 15) is 18.0 Å². The van der Waals surface area contributed by atoms with Crippen molar-refractivity contribution in [1.29, 1.82) is 0 Å². The van der Waals surface area contributed by atoms with Gasteiger partial charge in [-0.05, 0) is 63.5 Å². The molecule has 3 aromatic rings. The lowest BCUT2D eigenvalue weighted by atomic mass is 9.34. The van der Waals surface area contributed by atoms with Gasteiger partial charge < -0.3 is 9.30 Å². The van der Waals surface area contributed by atoms with Crippen molar-refractivity contribution >= 4 is 11.2 Å². The molecule has 37 heavy (non-hydrogen) atoms. The van der Waals surface area contributed by atoms with Gasteiger partial charge in [0, 0.05) is 43.2 Å². The quantitative estimate of drug-likeness (QED) is 0.494. The standard InChI is InChI=1S/C27H28F3N5O2/c1-14-20(15-3-4-15)32-21-22(25-11-26(12-25,13-25)27(28,29)30)33-23(34-24(21)31-14)16-7-8-37-18(9-16)17-5-6-19(36)35(2)10-17/h5-6,10,15-16,18H,3-4,7-9,11-13H2,1-2H3. The molecule has 4 saturated carbocycles. The van der Waals surface area contributed by atoms with Crippen LogP contribution in [0.5, 0.6) is 0 Å². The Labute approximate surface area is 211 Å². The lowest BCUT2D eigenvalue weighted by Crippen LogP contribution is -2.70. The fourth-order valence-corrected chi connectivity index (χ4v) is 6.76. The van der Waals surface area contributed by atoms with E-state index in [2.05, 4.69) is 0 Å². The molecule has 7 nitrogen and oxygen atoms in total. The molecule has 8 rings (SSSR count). The minimum atomic E-state index is -4.19. The van der Waals surface area contributed by atoms with Gasteiger partial charge in [-0.25, -0.2) is 19.9 Å². The summed E-state index contributed by atoms with van der Waals surface area (Å²) in [6.45, 7) is 2.44. The summed E-state index contributed by atoms with van der Waals surface area (Å²) >= 11 is 0. The predicted molar refractivity (Wildman–Crippen MR) is 128 cm³/mol. The van der Waals surface area contributed by atoms with Gasteiger partial charge in [-0.15, -0.1) is 0 Å². The lowest BCUT2D eigenvalue weighted by molar-refractivity contribution is -0.337. The van der Waals surface area contributed by atoms with Crippen LogP contribution < -0.4 is 5.56 Å². The maximum absolute atomic E-state index is 13.7. The van der Waals surface area contributed by atoms with Crippen LogP contribution in [0.1, 0.15) is 91.4 Å². The molecule has 1 saturated heterocycles. The number of alkyl halides is 3. The minimum Gasteiger partial charge on any atom is -0.373 e. The number of rotatable bonds is 4. The van der Waals surface area contributed by atoms with Crippen LogP contribution in [0.25, 0.3) is 11.2 Å². The van der Waals surface area contributed by atoms with Crippen LogP contribution in [0.4, 0.5) is 13.2 Å². The van der Waals surface area contributed by atoms with Crippen LogP contribution in [-0.2, 0) is 17.2 Å². The molecule has 0 aromatic carbocycles. The molecule has 0 N–H and O–H groups in total. The summed E-state index contributed by atoms with van der Waals surface area (Å²) in [5, 5.41) is 0. The SMILES string of the molecule is Cc1nc2nc(C3CCOC(c4ccc(=O)n(C)c4)C3)nc(C34CC(C(F)(F)F)(C3)C4)c2nc1C1CC1. The highest BCUT2D eigenvalue weighted by Crippen LogP contribution is 2.78. The fraction of sp³-hybridized carbons (Fsp3) is 0.593. The second-order valence-corrected chi connectivity index (χ2v) is 11.7. The molecule has 10 heteroatoms. The van der Waals surface area contributed by atoms with E-state index >= 15 is 0 Å². The molecule has 1 aliphatic heterocycles. The van der Waals surface area contributed by atoms with Gasteiger partial charge in [0.1, 0.15) is 11.3 Å². The Morgan fingerprint density at radius 3 is 2.46 bits per heavy atom. The first-order chi connectivity index (χ1) is 17.6. The van der Waals surface area contributed by atoms with Crippen molar-refractivity contribution in [1.82, 2.24) is 24.5 Å². The molecule has 5 fully saturated rings. The Hall–Kier alpha value is -2.88. The van der Waals surface area contributed by atoms with Gasteiger partial charge >= 0.3 is 6.18 Å². The second kappa shape index (κ2) is 7.58. The Bertz CT molecular complexity index is 1480. The zero-order valence-corrected chi connectivity index (χ0v) is 20.8. The molecule has 2 atom stereocenters. The van der Waals surface area contributed by atoms with E-state index in [0.29, 0.717) is 48.0 Å². The first-order valence-corrected chi connectivity index (χ1v) is 13.0. The lowest BCUT2D eigenvalue weighted by Gasteiger charge is -2.70. The number of pyridine rings is 1. The maximum Gasteiger partial charge on any atom is 0.394 e. The number of nitrogens with zero attached hydrogens (tertiary/aromatic N) is 5. The van der Waals surface area contributed by atoms with Crippen LogP contribution in [-0.4, -0.2) is 37.3 Å². The van der Waals surface area contributed by atoms with E-state index in [1.54, 1.807) is 19.3 Å². The van der Waals surface area contributed by atoms with Crippen molar-refractivity contribution in [3.05, 3.63) is 57.2 Å². The Morgan fingerprint density at radius 1 is 1.03 bits per heavy atom. The van der Waals surface area contributed by atoms with Gasteiger partial charge in [-0.2, -0.15) is 13.2 Å². The van der Waals surface area contributed by atoms with E-state index in [0.717, 1.165) is 29.8 Å². The third kappa shape index (κ3) is 3.47. The van der Waals surface area contributed by atoms with Crippen LogP contribution in [0.15, 0.2) is 23.1 Å². The van der Waals surface area contributed by atoms with Crippen molar-refractivity contribution in [3.63, 3.8) is 0 Å². The normalized spacial score (nSPS) is 31.2. The molecule has 194 valence electrons. The average molecular weight is 512 g/mol. The summed E-state index contributed by atoms with van der Waals surface area (Å²) in [5.74, 6) is 0.949. The van der Waals surface area contributed by atoms with E-state index in [4.69, 9.17) is 24.7 Å². The van der Waals surface area contributed by atoms with E-state index in [1.807, 2.05) is 6.92 Å². The Kier molecular flexibility index (Phi) is 4.77. The highest BCUT2D eigenvalue weighted by molar-refractivity contribution is 5.75. The topological polar surface area (TPSA) is 82.8 Å². The van der Waals surface area contributed by atoms with Crippen LogP contribution >= 0.6 is 0 Å². The van der Waals surface area contributed by atoms with Crippen molar-refractivity contribution in [2.24, 2.45) is 12.5 Å². The van der Waals surface area contributed by atoms with Gasteiger partial charge in [0.2, 0.25) is 5.56 Å². The summed E-state index contributed by atoms with van der Waals surface area (Å²) in [5.41, 5.74) is 2.13. The molecular weight excluding hydrogens is 483 g/mol. The third-order valence-electron chi connectivity index (χ3n) is 8.99. The fourth-order valence-electron chi connectivity index (χ4n) is 6.76. The zero-order valence-electron chi connectivity index (χ0n) is 20.8.